The quantitative estimate of drug-likeness (QED) is 0.865. The average Bonchev–Trinajstić information content (AvgIpc) is 3.16. The van der Waals surface area contributed by atoms with Gasteiger partial charge in [-0.2, -0.15) is 0 Å². The van der Waals surface area contributed by atoms with Crippen LogP contribution in [0.25, 0.3) is 0 Å². The summed E-state index contributed by atoms with van der Waals surface area (Å²) < 4.78 is 14.4. The van der Waals surface area contributed by atoms with Crippen molar-refractivity contribution in [3.05, 3.63) is 65.0 Å². The summed E-state index contributed by atoms with van der Waals surface area (Å²) in [6.07, 6.45) is 0. The molecule has 0 radical (unpaired) electrons. The summed E-state index contributed by atoms with van der Waals surface area (Å²) in [6, 6.07) is 12.4. The van der Waals surface area contributed by atoms with E-state index in [1.807, 2.05) is 12.1 Å². The third kappa shape index (κ3) is 4.10. The van der Waals surface area contributed by atoms with Gasteiger partial charge in [0.05, 0.1) is 5.56 Å². The van der Waals surface area contributed by atoms with E-state index in [2.05, 4.69) is 29.3 Å². The maximum absolute atomic E-state index is 14.4. The van der Waals surface area contributed by atoms with Crippen molar-refractivity contribution in [2.24, 2.45) is 0 Å². The SMILES string of the molecule is Cc1ccccc1CN1CCN(C(=O)c2cc(N3CCNC3=O)ccc2F)CC1. The van der Waals surface area contributed by atoms with Crippen LogP contribution in [0.5, 0.6) is 0 Å². The van der Waals surface area contributed by atoms with Crippen molar-refractivity contribution >= 4 is 17.6 Å². The fraction of sp³-hybridized carbons (Fsp3) is 0.364. The smallest absolute Gasteiger partial charge is 0.321 e. The first-order chi connectivity index (χ1) is 14.0. The zero-order valence-electron chi connectivity index (χ0n) is 16.5. The summed E-state index contributed by atoms with van der Waals surface area (Å²) in [5, 5.41) is 2.72. The number of benzene rings is 2. The highest BCUT2D eigenvalue weighted by Crippen LogP contribution is 2.22. The van der Waals surface area contributed by atoms with E-state index in [0.717, 1.165) is 19.6 Å². The average molecular weight is 396 g/mol. The number of amides is 3. The monoisotopic (exact) mass is 396 g/mol. The van der Waals surface area contributed by atoms with Crippen molar-refractivity contribution in [2.45, 2.75) is 13.5 Å². The predicted molar refractivity (Wildman–Crippen MR) is 110 cm³/mol. The molecule has 6 nitrogen and oxygen atoms in total. The third-order valence-corrected chi connectivity index (χ3v) is 5.66. The van der Waals surface area contributed by atoms with Gasteiger partial charge in [0.2, 0.25) is 0 Å². The zero-order chi connectivity index (χ0) is 20.4. The van der Waals surface area contributed by atoms with Gasteiger partial charge in [0.1, 0.15) is 5.82 Å². The molecule has 0 spiro atoms. The molecule has 29 heavy (non-hydrogen) atoms. The minimum absolute atomic E-state index is 0.0227. The lowest BCUT2D eigenvalue weighted by molar-refractivity contribution is 0.0623. The summed E-state index contributed by atoms with van der Waals surface area (Å²) in [7, 11) is 0. The van der Waals surface area contributed by atoms with Crippen LogP contribution in [-0.4, -0.2) is 61.0 Å². The van der Waals surface area contributed by atoms with E-state index >= 15 is 0 Å². The Morgan fingerprint density at radius 1 is 1.07 bits per heavy atom. The Kier molecular flexibility index (Phi) is 5.49. The molecule has 0 aromatic heterocycles. The van der Waals surface area contributed by atoms with E-state index in [1.54, 1.807) is 4.90 Å². The highest BCUT2D eigenvalue weighted by atomic mass is 19.1. The van der Waals surface area contributed by atoms with Gasteiger partial charge in [0.25, 0.3) is 5.91 Å². The van der Waals surface area contributed by atoms with Gasteiger partial charge < -0.3 is 10.2 Å². The molecule has 152 valence electrons. The Bertz CT molecular complexity index is 925. The second-order valence-electron chi connectivity index (χ2n) is 7.54. The number of halogens is 1. The molecule has 1 N–H and O–H groups in total. The first-order valence-corrected chi connectivity index (χ1v) is 9.94. The Morgan fingerprint density at radius 2 is 1.83 bits per heavy atom. The summed E-state index contributed by atoms with van der Waals surface area (Å²) in [5.74, 6) is -0.875. The van der Waals surface area contributed by atoms with E-state index in [0.29, 0.717) is 31.9 Å². The van der Waals surface area contributed by atoms with Crippen LogP contribution in [0.3, 0.4) is 0 Å². The summed E-state index contributed by atoms with van der Waals surface area (Å²) in [6.45, 7) is 6.61. The number of carbonyl (C=O) groups is 2. The zero-order valence-corrected chi connectivity index (χ0v) is 16.5. The molecule has 2 aliphatic rings. The molecule has 2 aromatic carbocycles. The van der Waals surface area contributed by atoms with Gasteiger partial charge in [-0.3, -0.25) is 14.6 Å². The molecule has 2 fully saturated rings. The Morgan fingerprint density at radius 3 is 2.52 bits per heavy atom. The maximum atomic E-state index is 14.4. The van der Waals surface area contributed by atoms with Crippen LogP contribution in [0.15, 0.2) is 42.5 Å². The van der Waals surface area contributed by atoms with Gasteiger partial charge in [0, 0.05) is 51.5 Å². The van der Waals surface area contributed by atoms with Crippen molar-refractivity contribution in [3.63, 3.8) is 0 Å². The van der Waals surface area contributed by atoms with Crippen LogP contribution in [0.1, 0.15) is 21.5 Å². The van der Waals surface area contributed by atoms with Gasteiger partial charge >= 0.3 is 6.03 Å². The lowest BCUT2D eigenvalue weighted by atomic mass is 10.1. The number of nitrogens with one attached hydrogen (secondary N) is 1. The van der Waals surface area contributed by atoms with Crippen molar-refractivity contribution in [1.82, 2.24) is 15.1 Å². The van der Waals surface area contributed by atoms with Crippen LogP contribution < -0.4 is 10.2 Å². The van der Waals surface area contributed by atoms with Crippen molar-refractivity contribution in [2.75, 3.05) is 44.2 Å². The number of anilines is 1. The van der Waals surface area contributed by atoms with Gasteiger partial charge in [-0.25, -0.2) is 9.18 Å². The van der Waals surface area contributed by atoms with E-state index in [9.17, 15) is 14.0 Å². The molecule has 0 atom stereocenters. The fourth-order valence-corrected chi connectivity index (χ4v) is 3.87. The second-order valence-corrected chi connectivity index (χ2v) is 7.54. The molecule has 7 heteroatoms. The number of nitrogens with zero attached hydrogens (tertiary/aromatic N) is 3. The lowest BCUT2D eigenvalue weighted by Gasteiger charge is -2.35. The fourth-order valence-electron chi connectivity index (χ4n) is 3.87. The number of aryl methyl sites for hydroxylation is 1. The number of rotatable bonds is 4. The Balaban J connectivity index is 1.42. The van der Waals surface area contributed by atoms with Gasteiger partial charge in [-0.05, 0) is 36.2 Å². The lowest BCUT2D eigenvalue weighted by Crippen LogP contribution is -2.48. The molecule has 0 aliphatic carbocycles. The van der Waals surface area contributed by atoms with E-state index < -0.39 is 5.82 Å². The summed E-state index contributed by atoms with van der Waals surface area (Å²) in [4.78, 5) is 30.3. The molecule has 0 bridgehead atoms. The third-order valence-electron chi connectivity index (χ3n) is 5.66. The minimum Gasteiger partial charge on any atom is -0.336 e. The number of carbonyl (C=O) groups excluding carboxylic acids is 2. The molecule has 0 unspecified atom stereocenters. The number of piperazine rings is 1. The molecular formula is C22H25FN4O2. The van der Waals surface area contributed by atoms with Crippen LogP contribution in [0.4, 0.5) is 14.9 Å². The first kappa shape index (κ1) is 19.4. The summed E-state index contributed by atoms with van der Waals surface area (Å²) >= 11 is 0. The molecule has 2 saturated heterocycles. The highest BCUT2D eigenvalue weighted by Gasteiger charge is 2.27. The molecule has 4 rings (SSSR count). The molecule has 2 heterocycles. The molecule has 0 saturated carbocycles. The second kappa shape index (κ2) is 8.21. The van der Waals surface area contributed by atoms with Crippen LogP contribution in [0, 0.1) is 12.7 Å². The van der Waals surface area contributed by atoms with Gasteiger partial charge in [0.15, 0.2) is 0 Å². The van der Waals surface area contributed by atoms with Crippen LogP contribution >= 0.6 is 0 Å². The van der Waals surface area contributed by atoms with E-state index in [1.165, 1.54) is 34.2 Å². The van der Waals surface area contributed by atoms with Crippen molar-refractivity contribution in [3.8, 4) is 0 Å². The molecule has 3 amide bonds. The van der Waals surface area contributed by atoms with Crippen LogP contribution in [-0.2, 0) is 6.54 Å². The Labute approximate surface area is 169 Å². The Hall–Kier alpha value is -2.93. The summed E-state index contributed by atoms with van der Waals surface area (Å²) in [5.41, 5.74) is 3.11. The van der Waals surface area contributed by atoms with Crippen molar-refractivity contribution in [1.29, 1.82) is 0 Å². The van der Waals surface area contributed by atoms with Gasteiger partial charge in [-0.15, -0.1) is 0 Å². The number of urea groups is 1. The minimum atomic E-state index is -0.555. The van der Waals surface area contributed by atoms with E-state index in [-0.39, 0.29) is 17.5 Å². The predicted octanol–water partition coefficient (Wildman–Crippen LogP) is 2.62. The molecular weight excluding hydrogens is 371 g/mol. The van der Waals surface area contributed by atoms with Gasteiger partial charge in [-0.1, -0.05) is 24.3 Å². The molecule has 2 aliphatic heterocycles. The largest absolute Gasteiger partial charge is 0.336 e. The topological polar surface area (TPSA) is 55.9 Å². The molecule has 2 aromatic rings. The normalized spacial score (nSPS) is 17.5. The van der Waals surface area contributed by atoms with E-state index in [4.69, 9.17) is 0 Å². The standard InChI is InChI=1S/C22H25FN4O2/c1-16-4-2-3-5-17(16)15-25-10-12-26(13-11-25)21(28)19-14-18(6-7-20(19)23)27-9-8-24-22(27)29/h2-7,14H,8-13,15H2,1H3,(H,24,29). The van der Waals surface area contributed by atoms with Crippen molar-refractivity contribution < 1.29 is 14.0 Å². The maximum Gasteiger partial charge on any atom is 0.321 e. The van der Waals surface area contributed by atoms with Crippen LogP contribution in [0.2, 0.25) is 0 Å². The number of hydrogen-bond acceptors (Lipinski definition) is 3. The number of hydrogen-bond donors (Lipinski definition) is 1. The first-order valence-electron chi connectivity index (χ1n) is 9.94. The highest BCUT2D eigenvalue weighted by molar-refractivity contribution is 5.98.